The van der Waals surface area contributed by atoms with Crippen LogP contribution in [0.25, 0.3) is 0 Å². The van der Waals surface area contributed by atoms with E-state index < -0.39 is 9.84 Å². The smallest absolute Gasteiger partial charge is 0.188 e. The molecule has 5 nitrogen and oxygen atoms in total. The van der Waals surface area contributed by atoms with E-state index in [-0.39, 0.29) is 17.5 Å². The number of hydrazine groups is 1. The molecule has 1 aromatic carbocycles. The Morgan fingerprint density at radius 2 is 2.09 bits per heavy atom. The van der Waals surface area contributed by atoms with Gasteiger partial charge in [-0.05, 0) is 43.3 Å². The first kappa shape index (κ1) is 17.5. The number of anilines is 1. The lowest BCUT2D eigenvalue weighted by Gasteiger charge is -2.36. The van der Waals surface area contributed by atoms with Gasteiger partial charge in [0.15, 0.2) is 14.9 Å². The first-order chi connectivity index (χ1) is 10.2. The Morgan fingerprint density at radius 3 is 2.64 bits per heavy atom. The van der Waals surface area contributed by atoms with Gasteiger partial charge in [0, 0.05) is 24.8 Å². The van der Waals surface area contributed by atoms with Crippen LogP contribution in [0.1, 0.15) is 12.0 Å². The van der Waals surface area contributed by atoms with E-state index in [1.807, 2.05) is 49.2 Å². The van der Waals surface area contributed by atoms with E-state index in [0.717, 1.165) is 11.3 Å². The Bertz CT molecular complexity index is 677. The van der Waals surface area contributed by atoms with Gasteiger partial charge in [-0.15, -0.1) is 0 Å². The summed E-state index contributed by atoms with van der Waals surface area (Å²) in [4.78, 5) is 0. The summed E-state index contributed by atoms with van der Waals surface area (Å²) in [6.07, 6.45) is 0.580. The summed E-state index contributed by atoms with van der Waals surface area (Å²) in [6.45, 7) is 1.91. The molecule has 1 N–H and O–H groups in total. The second kappa shape index (κ2) is 6.70. The molecule has 0 aliphatic carbocycles. The van der Waals surface area contributed by atoms with Crippen molar-refractivity contribution in [3.8, 4) is 0 Å². The number of benzene rings is 1. The third-order valence-electron chi connectivity index (χ3n) is 3.70. The summed E-state index contributed by atoms with van der Waals surface area (Å²) < 4.78 is 23.4. The molecule has 1 aliphatic heterocycles. The fourth-order valence-electron chi connectivity index (χ4n) is 2.56. The number of halogens is 1. The first-order valence-electron chi connectivity index (χ1n) is 6.94. The van der Waals surface area contributed by atoms with Crippen molar-refractivity contribution in [2.75, 3.05) is 30.9 Å². The predicted molar refractivity (Wildman–Crippen MR) is 95.0 cm³/mol. The zero-order valence-electron chi connectivity index (χ0n) is 12.8. The van der Waals surface area contributed by atoms with Crippen LogP contribution in [0.5, 0.6) is 0 Å². The van der Waals surface area contributed by atoms with E-state index in [1.54, 1.807) is 0 Å². The highest BCUT2D eigenvalue weighted by Gasteiger charge is 2.34. The van der Waals surface area contributed by atoms with E-state index in [2.05, 4.69) is 5.32 Å². The maximum Gasteiger partial charge on any atom is 0.188 e. The molecule has 0 bridgehead atoms. The van der Waals surface area contributed by atoms with E-state index in [4.69, 9.17) is 23.8 Å². The quantitative estimate of drug-likeness (QED) is 0.658. The highest BCUT2D eigenvalue weighted by atomic mass is 35.5. The highest BCUT2D eigenvalue weighted by Crippen LogP contribution is 2.25. The van der Waals surface area contributed by atoms with Crippen LogP contribution >= 0.6 is 23.8 Å². The van der Waals surface area contributed by atoms with Crippen LogP contribution in [0.4, 0.5) is 5.69 Å². The number of rotatable bonds is 3. The fraction of sp³-hybridized carbons (Fsp3) is 0.500. The van der Waals surface area contributed by atoms with Gasteiger partial charge >= 0.3 is 0 Å². The minimum Gasteiger partial charge on any atom is -0.331 e. The van der Waals surface area contributed by atoms with Crippen molar-refractivity contribution in [3.63, 3.8) is 0 Å². The van der Waals surface area contributed by atoms with Gasteiger partial charge in [0.1, 0.15) is 0 Å². The molecule has 1 heterocycles. The average molecular weight is 362 g/mol. The maximum absolute atomic E-state index is 11.7. The van der Waals surface area contributed by atoms with Crippen molar-refractivity contribution >= 4 is 44.5 Å². The largest absolute Gasteiger partial charge is 0.331 e. The topological polar surface area (TPSA) is 52.7 Å². The van der Waals surface area contributed by atoms with Crippen LogP contribution in [0.15, 0.2) is 18.2 Å². The second-order valence-corrected chi connectivity index (χ2v) is 8.61. The molecule has 1 saturated heterocycles. The minimum atomic E-state index is -2.97. The van der Waals surface area contributed by atoms with Crippen molar-refractivity contribution in [2.24, 2.45) is 0 Å². The number of thiocarbonyl (C=S) groups is 1. The zero-order chi connectivity index (χ0) is 16.5. The number of nitrogens with one attached hydrogen (secondary N) is 1. The van der Waals surface area contributed by atoms with Crippen LogP contribution in [0.3, 0.4) is 0 Å². The van der Waals surface area contributed by atoms with Crippen LogP contribution < -0.4 is 5.32 Å². The van der Waals surface area contributed by atoms with Crippen LogP contribution in [-0.4, -0.2) is 55.2 Å². The normalized spacial score (nSPS) is 20.1. The average Bonchev–Trinajstić information content (AvgIpc) is 2.74. The molecule has 0 unspecified atom stereocenters. The van der Waals surface area contributed by atoms with Crippen LogP contribution in [0.2, 0.25) is 5.02 Å². The maximum atomic E-state index is 11.7. The van der Waals surface area contributed by atoms with Gasteiger partial charge < -0.3 is 5.32 Å². The molecule has 8 heteroatoms. The Balaban J connectivity index is 2.19. The Morgan fingerprint density at radius 1 is 1.41 bits per heavy atom. The lowest BCUT2D eigenvalue weighted by Crippen LogP contribution is -2.51. The molecule has 2 rings (SSSR count). The molecular formula is C14H20ClN3O2S2. The van der Waals surface area contributed by atoms with Crippen molar-refractivity contribution in [1.29, 1.82) is 0 Å². The number of hydrogen-bond donors (Lipinski definition) is 1. The SMILES string of the molecule is Cc1c(Cl)cccc1NC(=S)N([C@@H]1CCS(=O)(=O)C1)N(C)C. The van der Waals surface area contributed by atoms with Crippen molar-refractivity contribution in [3.05, 3.63) is 28.8 Å². The molecule has 0 aromatic heterocycles. The summed E-state index contributed by atoms with van der Waals surface area (Å²) in [7, 11) is 0.730. The summed E-state index contributed by atoms with van der Waals surface area (Å²) in [6, 6.07) is 5.42. The lowest BCUT2D eigenvalue weighted by molar-refractivity contribution is 0.0757. The van der Waals surface area contributed by atoms with Gasteiger partial charge in [0.25, 0.3) is 0 Å². The summed E-state index contributed by atoms with van der Waals surface area (Å²) in [5.74, 6) is 0.336. The Hall–Kier alpha value is -0.890. The van der Waals surface area contributed by atoms with Crippen molar-refractivity contribution in [1.82, 2.24) is 10.0 Å². The zero-order valence-corrected chi connectivity index (χ0v) is 15.2. The van der Waals surface area contributed by atoms with E-state index in [0.29, 0.717) is 16.6 Å². The molecular weight excluding hydrogens is 342 g/mol. The van der Waals surface area contributed by atoms with Crippen LogP contribution in [0, 0.1) is 6.92 Å². The molecule has 1 aliphatic rings. The number of nitrogens with zero attached hydrogens (tertiary/aromatic N) is 2. The highest BCUT2D eigenvalue weighted by molar-refractivity contribution is 7.91. The van der Waals surface area contributed by atoms with E-state index in [1.165, 1.54) is 0 Å². The third-order valence-corrected chi connectivity index (χ3v) is 6.15. The van der Waals surface area contributed by atoms with E-state index >= 15 is 0 Å². The summed E-state index contributed by atoms with van der Waals surface area (Å²) in [5.41, 5.74) is 1.73. The molecule has 1 aromatic rings. The molecule has 0 spiro atoms. The predicted octanol–water partition coefficient (Wildman–Crippen LogP) is 2.31. The monoisotopic (exact) mass is 361 g/mol. The van der Waals surface area contributed by atoms with E-state index in [9.17, 15) is 8.42 Å². The van der Waals surface area contributed by atoms with Gasteiger partial charge in [0.05, 0.1) is 17.5 Å². The van der Waals surface area contributed by atoms with Crippen molar-refractivity contribution < 1.29 is 8.42 Å². The second-order valence-electron chi connectivity index (χ2n) is 5.59. The van der Waals surface area contributed by atoms with Gasteiger partial charge in [-0.3, -0.25) is 5.01 Å². The first-order valence-corrected chi connectivity index (χ1v) is 9.55. The van der Waals surface area contributed by atoms with Gasteiger partial charge in [-0.25, -0.2) is 13.4 Å². The fourth-order valence-corrected chi connectivity index (χ4v) is 4.85. The number of hydrogen-bond acceptors (Lipinski definition) is 4. The minimum absolute atomic E-state index is 0.127. The molecule has 0 radical (unpaired) electrons. The van der Waals surface area contributed by atoms with Crippen molar-refractivity contribution in [2.45, 2.75) is 19.4 Å². The molecule has 0 amide bonds. The third kappa shape index (κ3) is 3.90. The molecule has 1 fully saturated rings. The molecule has 122 valence electrons. The van der Waals surface area contributed by atoms with Gasteiger partial charge in [0.2, 0.25) is 0 Å². The summed E-state index contributed by atoms with van der Waals surface area (Å²) in [5, 5.41) is 7.94. The Labute approximate surface area is 142 Å². The lowest BCUT2D eigenvalue weighted by atomic mass is 10.2. The molecule has 22 heavy (non-hydrogen) atoms. The van der Waals surface area contributed by atoms with Gasteiger partial charge in [-0.2, -0.15) is 0 Å². The summed E-state index contributed by atoms with van der Waals surface area (Å²) >= 11 is 11.6. The Kier molecular flexibility index (Phi) is 5.32. The van der Waals surface area contributed by atoms with Gasteiger partial charge in [-0.1, -0.05) is 17.7 Å². The molecule has 0 saturated carbocycles. The molecule has 1 atom stereocenters. The standard InChI is InChI=1S/C14H20ClN3O2S2/c1-10-12(15)5-4-6-13(10)16-14(21)18(17(2)3)11-7-8-22(19,20)9-11/h4-6,11H,7-9H2,1-3H3,(H,16,21)/t11-/m1/s1. The number of sulfone groups is 1. The van der Waals surface area contributed by atoms with Crippen LogP contribution in [-0.2, 0) is 9.84 Å².